The van der Waals surface area contributed by atoms with Crippen molar-refractivity contribution in [1.29, 1.82) is 0 Å². The Labute approximate surface area is 151 Å². The van der Waals surface area contributed by atoms with E-state index in [-0.39, 0.29) is 33.4 Å². The second-order valence-corrected chi connectivity index (χ2v) is 10.8. The van der Waals surface area contributed by atoms with Gasteiger partial charge in [0, 0.05) is 0 Å². The number of rotatable bonds is 6. The van der Waals surface area contributed by atoms with Crippen LogP contribution in [0.3, 0.4) is 0 Å². The van der Waals surface area contributed by atoms with Gasteiger partial charge < -0.3 is 10.2 Å². The molecular formula is C17H31NO2SSn. The monoisotopic (exact) mass is 433 g/mol. The first-order valence-electron chi connectivity index (χ1n) is 7.75. The maximum absolute atomic E-state index is 9.90. The summed E-state index contributed by atoms with van der Waals surface area (Å²) in [6.45, 7) is 7.81. The second kappa shape index (κ2) is 17.6. The molecule has 0 radical (unpaired) electrons. The van der Waals surface area contributed by atoms with Gasteiger partial charge in [-0.25, -0.2) is 0 Å². The molecule has 0 saturated heterocycles. The van der Waals surface area contributed by atoms with E-state index in [2.05, 4.69) is 30.5 Å². The van der Waals surface area contributed by atoms with Crippen LogP contribution in [0.15, 0.2) is 24.3 Å². The van der Waals surface area contributed by atoms with E-state index in [4.69, 9.17) is 5.73 Å². The third-order valence-electron chi connectivity index (χ3n) is 2.79. The molecule has 126 valence electrons. The standard InChI is InChI=1S/C7H8N.2C4H9O.C2H5S.Sn/c8-6-7-4-2-1-3-5-7;2*1-3-4(2)5;1-3-2;/h1-4H,6,8H2;2*4H,3H2,1-2H3;1H2,2H3;/q;2*-1;;+2. The number of hydrogen-bond donors (Lipinski definition) is 1. The molecule has 3 nitrogen and oxygen atoms in total. The Morgan fingerprint density at radius 3 is 1.91 bits per heavy atom. The molecule has 0 saturated carbocycles. The molecule has 0 aliphatic rings. The molecule has 2 N–H and O–H groups in total. The Bertz CT molecular complexity index is 341. The summed E-state index contributed by atoms with van der Waals surface area (Å²) in [5.41, 5.74) is 7.00. The van der Waals surface area contributed by atoms with E-state index in [0.717, 1.165) is 12.8 Å². The van der Waals surface area contributed by atoms with Gasteiger partial charge in [0.1, 0.15) is 0 Å². The van der Waals surface area contributed by atoms with Gasteiger partial charge in [0.2, 0.25) is 0 Å². The van der Waals surface area contributed by atoms with Gasteiger partial charge in [0.25, 0.3) is 0 Å². The number of hydrogen-bond acceptors (Lipinski definition) is 4. The molecular weight excluding hydrogens is 401 g/mol. The van der Waals surface area contributed by atoms with Gasteiger partial charge in [-0.05, 0) is 0 Å². The normalized spacial score (nSPS) is 12.0. The van der Waals surface area contributed by atoms with Crippen molar-refractivity contribution >= 4 is 36.5 Å². The van der Waals surface area contributed by atoms with Crippen molar-refractivity contribution < 1.29 is 10.2 Å². The van der Waals surface area contributed by atoms with Crippen molar-refractivity contribution in [2.75, 3.05) is 10.0 Å². The molecule has 5 heteroatoms. The van der Waals surface area contributed by atoms with E-state index in [1.165, 1.54) is 9.33 Å². The van der Waals surface area contributed by atoms with Crippen LogP contribution in [-0.2, 0) is 6.54 Å². The fourth-order valence-electron chi connectivity index (χ4n) is 1.02. The van der Waals surface area contributed by atoms with Crippen molar-refractivity contribution in [3.05, 3.63) is 29.8 Å². The van der Waals surface area contributed by atoms with Gasteiger partial charge in [-0.15, -0.1) is 12.2 Å². The molecule has 2 atom stereocenters. The molecule has 0 aromatic heterocycles. The number of thioether (sulfide) groups is 1. The summed E-state index contributed by atoms with van der Waals surface area (Å²) in [6, 6.07) is 8.58. The second-order valence-electron chi connectivity index (χ2n) is 4.91. The van der Waals surface area contributed by atoms with Crippen molar-refractivity contribution in [2.24, 2.45) is 5.73 Å². The summed E-state index contributed by atoms with van der Waals surface area (Å²) in [5, 5.41) is 19.8. The topological polar surface area (TPSA) is 72.1 Å². The fraction of sp³-hybridized carbons (Fsp3) is 0.647. The Morgan fingerprint density at radius 2 is 1.55 bits per heavy atom. The van der Waals surface area contributed by atoms with Gasteiger partial charge in [0.15, 0.2) is 0 Å². The molecule has 2 unspecified atom stereocenters. The third kappa shape index (κ3) is 16.6. The van der Waals surface area contributed by atoms with Crippen LogP contribution in [0.4, 0.5) is 0 Å². The average Bonchev–Trinajstić information content (AvgIpc) is 2.54. The third-order valence-corrected chi connectivity index (χ3v) is 9.41. The molecule has 1 aromatic rings. The summed E-state index contributed by atoms with van der Waals surface area (Å²) in [5.74, 6) is 0. The van der Waals surface area contributed by atoms with Crippen molar-refractivity contribution in [1.82, 2.24) is 0 Å². The van der Waals surface area contributed by atoms with Gasteiger partial charge in [-0.2, -0.15) is 0 Å². The van der Waals surface area contributed by atoms with E-state index in [1.807, 2.05) is 25.6 Å². The Hall–Kier alpha value is 0.249. The van der Waals surface area contributed by atoms with Crippen LogP contribution in [0.2, 0.25) is 0 Å². The van der Waals surface area contributed by atoms with Crippen molar-refractivity contribution in [3.63, 3.8) is 0 Å². The summed E-state index contributed by atoms with van der Waals surface area (Å²) in [6.07, 6.45) is 2.94. The summed E-state index contributed by atoms with van der Waals surface area (Å²) in [7, 11) is 0. The van der Waals surface area contributed by atoms with E-state index in [0.29, 0.717) is 6.54 Å². The zero-order valence-electron chi connectivity index (χ0n) is 14.6. The molecule has 0 aliphatic carbocycles. The number of benzene rings is 1. The molecule has 1 rings (SSSR count). The van der Waals surface area contributed by atoms with Crippen molar-refractivity contribution in [3.8, 4) is 0 Å². The molecule has 1 aromatic carbocycles. The van der Waals surface area contributed by atoms with Crippen LogP contribution in [-0.4, -0.2) is 43.4 Å². The van der Waals surface area contributed by atoms with E-state index in [1.54, 1.807) is 17.4 Å². The molecule has 0 bridgehead atoms. The minimum atomic E-state index is -0.366. The van der Waals surface area contributed by atoms with Gasteiger partial charge in [0.05, 0.1) is 0 Å². The predicted molar refractivity (Wildman–Crippen MR) is 97.6 cm³/mol. The van der Waals surface area contributed by atoms with Crippen LogP contribution < -0.4 is 19.5 Å². The van der Waals surface area contributed by atoms with Gasteiger partial charge in [-0.3, -0.25) is 0 Å². The van der Waals surface area contributed by atoms with E-state index >= 15 is 0 Å². The Kier molecular flexibility index (Phi) is 19.6. The molecule has 0 fully saturated rings. The molecule has 0 amide bonds. The Morgan fingerprint density at radius 1 is 1.09 bits per heavy atom. The minimum absolute atomic E-state index is 0.338. The fourth-order valence-corrected chi connectivity index (χ4v) is 5.68. The summed E-state index contributed by atoms with van der Waals surface area (Å²) < 4.78 is 2.92. The number of nitrogens with two attached hydrogens (primary N) is 1. The van der Waals surface area contributed by atoms with E-state index in [9.17, 15) is 10.2 Å². The van der Waals surface area contributed by atoms with Crippen LogP contribution in [0.1, 0.15) is 46.1 Å². The van der Waals surface area contributed by atoms with Crippen LogP contribution >= 0.6 is 11.8 Å². The van der Waals surface area contributed by atoms with Gasteiger partial charge in [-0.1, -0.05) is 40.5 Å². The summed E-state index contributed by atoms with van der Waals surface area (Å²) >= 11 is 1.61. The molecule has 0 spiro atoms. The molecule has 0 aliphatic heterocycles. The maximum atomic E-state index is 9.90. The quantitative estimate of drug-likeness (QED) is 0.684. The van der Waals surface area contributed by atoms with E-state index < -0.39 is 0 Å². The van der Waals surface area contributed by atoms with Crippen LogP contribution in [0.25, 0.3) is 0 Å². The average molecular weight is 432 g/mol. The first-order chi connectivity index (χ1) is 10.4. The zero-order chi connectivity index (χ0) is 17.4. The molecule has 0 heterocycles. The Balaban J connectivity index is 0. The summed E-state index contributed by atoms with van der Waals surface area (Å²) in [4.78, 5) is 0. The SMILES string of the molecule is CCC(C)[O-].CCC(C)[O-].CS[CH2][Sn+2][c]1ccccc1CN. The van der Waals surface area contributed by atoms with Crippen molar-refractivity contribution in [2.45, 2.75) is 59.3 Å². The first-order valence-corrected chi connectivity index (χ1v) is 12.6. The van der Waals surface area contributed by atoms with Gasteiger partial charge >= 0.3 is 88.6 Å². The van der Waals surface area contributed by atoms with Crippen LogP contribution in [0.5, 0.6) is 0 Å². The predicted octanol–water partition coefficient (Wildman–Crippen LogP) is 1.09. The zero-order valence-corrected chi connectivity index (χ0v) is 18.3. The first kappa shape index (κ1) is 24.5. The van der Waals surface area contributed by atoms with Crippen LogP contribution in [0, 0.1) is 0 Å². The molecule has 22 heavy (non-hydrogen) atoms.